The van der Waals surface area contributed by atoms with Crippen LogP contribution in [0, 0.1) is 23.7 Å². The Hall–Kier alpha value is -2.71. The predicted octanol–water partition coefficient (Wildman–Crippen LogP) is -1.23. The number of phenolic OH excluding ortho intramolecular Hbond substituents is 1. The standard InChI is InChI=1S/C21H21ClN2O10S/c1-24(2)14-8-4-6-3-7-9(22)5-10(35(32,33)34)15(25)12(7)16(26)11(6)18(28)21(8,31)19(29)13(17(14)27)20(23)30/h5-6,8,11,13-14,25,31H,3-4H2,1-2H3,(H2,23,30)(H,32,33,34)/t6-,8-,11?,13?,14-,21-/m0/s1. The Bertz CT molecular complexity index is 1340. The summed E-state index contributed by atoms with van der Waals surface area (Å²) in [5, 5.41) is 21.7. The SMILES string of the molecule is CN(C)[C@@H]1C(=O)C(C(N)=O)C(=O)[C@@]2(O)C(=O)C3C(=O)c4c(O)c(S(=O)(=O)O)cc(Cl)c4C[C@H]3C[C@@H]12. The summed E-state index contributed by atoms with van der Waals surface area (Å²) < 4.78 is 32.7. The zero-order valence-electron chi connectivity index (χ0n) is 18.4. The lowest BCUT2D eigenvalue weighted by Gasteiger charge is -2.52. The number of primary amides is 1. The minimum absolute atomic E-state index is 0.0194. The van der Waals surface area contributed by atoms with Gasteiger partial charge in [0.25, 0.3) is 10.1 Å². The number of aliphatic hydroxyl groups is 1. The van der Waals surface area contributed by atoms with Crippen molar-refractivity contribution in [1.82, 2.24) is 4.90 Å². The van der Waals surface area contributed by atoms with Gasteiger partial charge >= 0.3 is 0 Å². The third-order valence-corrected chi connectivity index (χ3v) is 8.45. The monoisotopic (exact) mass is 528 g/mol. The minimum atomic E-state index is -5.00. The second kappa shape index (κ2) is 7.90. The fourth-order valence-electron chi connectivity index (χ4n) is 5.80. The van der Waals surface area contributed by atoms with Crippen molar-refractivity contribution in [3.05, 3.63) is 22.2 Å². The van der Waals surface area contributed by atoms with Gasteiger partial charge in [0.1, 0.15) is 10.6 Å². The van der Waals surface area contributed by atoms with Crippen LogP contribution in [0.25, 0.3) is 0 Å². The van der Waals surface area contributed by atoms with Crippen LogP contribution in [0.1, 0.15) is 22.3 Å². The fraction of sp³-hybridized carbons (Fsp3) is 0.476. The van der Waals surface area contributed by atoms with Crippen molar-refractivity contribution in [2.24, 2.45) is 29.4 Å². The molecular formula is C21H21ClN2O10S. The molecule has 14 heteroatoms. The lowest BCUT2D eigenvalue weighted by Crippen LogP contribution is -2.74. The number of rotatable bonds is 3. The first-order valence-electron chi connectivity index (χ1n) is 10.4. The van der Waals surface area contributed by atoms with Gasteiger partial charge in [-0.05, 0) is 44.5 Å². The molecule has 2 unspecified atom stereocenters. The van der Waals surface area contributed by atoms with Crippen molar-refractivity contribution in [2.45, 2.75) is 29.4 Å². The van der Waals surface area contributed by atoms with Crippen LogP contribution in [0.2, 0.25) is 5.02 Å². The normalized spacial score (nSPS) is 32.8. The van der Waals surface area contributed by atoms with E-state index in [2.05, 4.69) is 0 Å². The van der Waals surface area contributed by atoms with Gasteiger partial charge in [-0.2, -0.15) is 8.42 Å². The minimum Gasteiger partial charge on any atom is -0.506 e. The van der Waals surface area contributed by atoms with Crippen LogP contribution in [0.4, 0.5) is 0 Å². The molecule has 0 bridgehead atoms. The van der Waals surface area contributed by atoms with Gasteiger partial charge < -0.3 is 15.9 Å². The van der Waals surface area contributed by atoms with Crippen molar-refractivity contribution in [3.8, 4) is 5.75 Å². The van der Waals surface area contributed by atoms with E-state index in [0.717, 1.165) is 6.07 Å². The number of fused-ring (bicyclic) bond motifs is 3. The number of amides is 1. The van der Waals surface area contributed by atoms with Gasteiger partial charge in [0.15, 0.2) is 34.7 Å². The number of carbonyl (C=O) groups is 5. The van der Waals surface area contributed by atoms with Gasteiger partial charge in [-0.25, -0.2) is 0 Å². The molecule has 2 saturated carbocycles. The number of hydrogen-bond donors (Lipinski definition) is 4. The van der Waals surface area contributed by atoms with Crippen molar-refractivity contribution in [2.75, 3.05) is 14.1 Å². The fourth-order valence-corrected chi connectivity index (χ4v) is 6.76. The summed E-state index contributed by atoms with van der Waals surface area (Å²) in [5.74, 6) is -13.1. The van der Waals surface area contributed by atoms with Gasteiger partial charge in [0.05, 0.1) is 17.5 Å². The van der Waals surface area contributed by atoms with Gasteiger partial charge in [0, 0.05) is 10.9 Å². The molecule has 1 aromatic carbocycles. The summed E-state index contributed by atoms with van der Waals surface area (Å²) in [7, 11) is -2.09. The van der Waals surface area contributed by atoms with E-state index in [-0.39, 0.29) is 23.4 Å². The van der Waals surface area contributed by atoms with Crippen LogP contribution in [-0.2, 0) is 35.7 Å². The third-order valence-electron chi connectivity index (χ3n) is 7.25. The molecule has 0 spiro atoms. The highest BCUT2D eigenvalue weighted by molar-refractivity contribution is 7.86. The molecule has 1 aromatic rings. The topological polar surface area (TPSA) is 209 Å². The second-order valence-electron chi connectivity index (χ2n) is 9.32. The Kier molecular flexibility index (Phi) is 5.73. The highest BCUT2D eigenvalue weighted by atomic mass is 35.5. The highest BCUT2D eigenvalue weighted by Crippen LogP contribution is 2.52. The number of Topliss-reactive ketones (excluding diaryl/α,β-unsaturated/α-hetero) is 4. The lowest BCUT2D eigenvalue weighted by molar-refractivity contribution is -0.181. The maximum atomic E-state index is 13.6. The average molecular weight is 529 g/mol. The van der Waals surface area contributed by atoms with Gasteiger partial charge in [-0.1, -0.05) is 11.6 Å². The first-order valence-corrected chi connectivity index (χ1v) is 12.2. The molecule has 5 N–H and O–H groups in total. The van der Waals surface area contributed by atoms with E-state index >= 15 is 0 Å². The number of ketones is 4. The Morgan fingerprint density at radius 3 is 2.31 bits per heavy atom. The summed E-state index contributed by atoms with van der Waals surface area (Å²) in [6.07, 6.45) is -0.314. The van der Waals surface area contributed by atoms with E-state index in [1.54, 1.807) is 0 Å². The molecule has 12 nitrogen and oxygen atoms in total. The van der Waals surface area contributed by atoms with E-state index in [9.17, 15) is 47.2 Å². The summed E-state index contributed by atoms with van der Waals surface area (Å²) in [6.45, 7) is 0. The van der Waals surface area contributed by atoms with Crippen molar-refractivity contribution < 1.29 is 47.2 Å². The Labute approximate surface area is 203 Å². The number of carbonyl (C=O) groups excluding carboxylic acids is 5. The maximum absolute atomic E-state index is 13.6. The predicted molar refractivity (Wildman–Crippen MR) is 116 cm³/mol. The molecule has 3 aliphatic rings. The number of aromatic hydroxyl groups is 1. The molecule has 0 radical (unpaired) electrons. The van der Waals surface area contributed by atoms with E-state index < -0.39 is 90.7 Å². The average Bonchev–Trinajstić information content (AvgIpc) is 2.71. The van der Waals surface area contributed by atoms with Crippen LogP contribution >= 0.6 is 11.6 Å². The number of nitrogens with two attached hydrogens (primary N) is 1. The lowest BCUT2D eigenvalue weighted by atomic mass is 9.52. The molecule has 6 atom stereocenters. The molecule has 0 aromatic heterocycles. The van der Waals surface area contributed by atoms with Crippen LogP contribution in [0.3, 0.4) is 0 Å². The molecule has 3 aliphatic carbocycles. The maximum Gasteiger partial charge on any atom is 0.298 e. The summed E-state index contributed by atoms with van der Waals surface area (Å²) in [4.78, 5) is 65.4. The van der Waals surface area contributed by atoms with Crippen LogP contribution in [0.5, 0.6) is 5.75 Å². The second-order valence-corrected chi connectivity index (χ2v) is 11.1. The third kappa shape index (κ3) is 3.37. The van der Waals surface area contributed by atoms with E-state index in [1.807, 2.05) is 0 Å². The molecule has 188 valence electrons. The Morgan fingerprint density at radius 2 is 1.80 bits per heavy atom. The first-order chi connectivity index (χ1) is 16.0. The Morgan fingerprint density at radius 1 is 1.20 bits per heavy atom. The molecule has 4 rings (SSSR count). The molecular weight excluding hydrogens is 508 g/mol. The number of phenols is 1. The molecule has 0 aliphatic heterocycles. The first kappa shape index (κ1) is 25.4. The van der Waals surface area contributed by atoms with Crippen molar-refractivity contribution >= 4 is 50.8 Å². The number of likely N-dealkylation sites (N-methyl/N-ethyl adjacent to an activating group) is 1. The summed E-state index contributed by atoms with van der Waals surface area (Å²) in [5.41, 5.74) is 1.72. The highest BCUT2D eigenvalue weighted by Gasteiger charge is 2.69. The smallest absolute Gasteiger partial charge is 0.298 e. The molecule has 1 amide bonds. The van der Waals surface area contributed by atoms with Crippen molar-refractivity contribution in [1.29, 1.82) is 0 Å². The van der Waals surface area contributed by atoms with Crippen LogP contribution in [0.15, 0.2) is 11.0 Å². The number of benzene rings is 1. The number of halogens is 1. The largest absolute Gasteiger partial charge is 0.506 e. The number of nitrogens with zero attached hydrogens (tertiary/aromatic N) is 1. The summed E-state index contributed by atoms with van der Waals surface area (Å²) >= 11 is 6.16. The van der Waals surface area contributed by atoms with Gasteiger partial charge in [-0.3, -0.25) is 33.4 Å². The Balaban J connectivity index is 1.91. The molecule has 35 heavy (non-hydrogen) atoms. The van der Waals surface area contributed by atoms with E-state index in [0.29, 0.717) is 0 Å². The molecule has 2 fully saturated rings. The van der Waals surface area contributed by atoms with E-state index in [1.165, 1.54) is 19.0 Å². The quantitative estimate of drug-likeness (QED) is 0.269. The molecule has 0 heterocycles. The molecule has 0 saturated heterocycles. The van der Waals surface area contributed by atoms with Crippen LogP contribution in [-0.4, -0.2) is 82.9 Å². The van der Waals surface area contributed by atoms with Gasteiger partial charge in [0.2, 0.25) is 5.91 Å². The van der Waals surface area contributed by atoms with Crippen LogP contribution < -0.4 is 5.73 Å². The zero-order valence-corrected chi connectivity index (χ0v) is 20.0. The number of hydrogen-bond acceptors (Lipinski definition) is 10. The van der Waals surface area contributed by atoms with Gasteiger partial charge in [-0.15, -0.1) is 0 Å². The summed E-state index contributed by atoms with van der Waals surface area (Å²) in [6, 6.07) is -0.477. The van der Waals surface area contributed by atoms with E-state index in [4.69, 9.17) is 17.3 Å². The zero-order chi connectivity index (χ0) is 26.4. The van der Waals surface area contributed by atoms with Crippen molar-refractivity contribution in [3.63, 3.8) is 0 Å².